The van der Waals surface area contributed by atoms with Crippen molar-refractivity contribution in [1.29, 1.82) is 0 Å². The number of para-hydroxylation sites is 1. The average molecular weight is 563 g/mol. The van der Waals surface area contributed by atoms with E-state index in [1.54, 1.807) is 22.9 Å². The van der Waals surface area contributed by atoms with Crippen LogP contribution in [0.15, 0.2) is 78.9 Å². The number of nitrogens with zero attached hydrogens (tertiary/aromatic N) is 3. The number of rotatable bonds is 7. The largest absolute Gasteiger partial charge is 0.354 e. The molecule has 9 heteroatoms. The lowest BCUT2D eigenvalue weighted by Crippen LogP contribution is -2.43. The van der Waals surface area contributed by atoms with Crippen molar-refractivity contribution in [3.63, 3.8) is 0 Å². The van der Waals surface area contributed by atoms with Gasteiger partial charge in [0.15, 0.2) is 0 Å². The molecule has 1 aromatic heterocycles. The third-order valence-electron chi connectivity index (χ3n) is 6.40. The van der Waals surface area contributed by atoms with Gasteiger partial charge in [-0.3, -0.25) is 14.5 Å². The molecule has 1 aliphatic rings. The molecule has 0 spiro atoms. The first-order valence-electron chi connectivity index (χ1n) is 12.7. The Morgan fingerprint density at radius 2 is 1.77 bits per heavy atom. The predicted octanol–water partition coefficient (Wildman–Crippen LogP) is 6.27. The first-order valence-corrected chi connectivity index (χ1v) is 14.1. The molecule has 0 radical (unpaired) electrons. The third-order valence-corrected chi connectivity index (χ3v) is 7.97. The maximum atomic E-state index is 13.9. The van der Waals surface area contributed by atoms with Crippen LogP contribution in [0.25, 0.3) is 16.9 Å². The molecule has 3 aromatic carbocycles. The number of benzene rings is 3. The van der Waals surface area contributed by atoms with E-state index in [-0.39, 0.29) is 41.1 Å². The Bertz CT molecular complexity index is 1490. The molecular formula is C30H28ClFN4O2S. The van der Waals surface area contributed by atoms with Gasteiger partial charge in [0.1, 0.15) is 18.2 Å². The number of carbonyl (C=O) groups excluding carboxylic acids is 2. The monoisotopic (exact) mass is 562 g/mol. The molecule has 0 saturated heterocycles. The number of hydrogen-bond acceptors (Lipinski definition) is 4. The smallest absolute Gasteiger partial charge is 0.240 e. The van der Waals surface area contributed by atoms with Crippen LogP contribution in [-0.2, 0) is 9.59 Å². The normalized spacial score (nSPS) is 15.3. The molecular weight excluding hydrogens is 535 g/mol. The van der Waals surface area contributed by atoms with Crippen molar-refractivity contribution < 1.29 is 14.0 Å². The molecule has 1 N–H and O–H groups in total. The van der Waals surface area contributed by atoms with Crippen LogP contribution in [0.2, 0.25) is 5.02 Å². The fraction of sp³-hybridized carbons (Fsp3) is 0.233. The molecule has 1 aliphatic heterocycles. The molecule has 4 aromatic rings. The van der Waals surface area contributed by atoms with Gasteiger partial charge >= 0.3 is 0 Å². The number of amides is 2. The number of thioether (sulfide) groups is 1. The first kappa shape index (κ1) is 27.0. The topological polar surface area (TPSA) is 67.2 Å². The highest BCUT2D eigenvalue weighted by Gasteiger charge is 2.38. The van der Waals surface area contributed by atoms with E-state index in [1.807, 2.05) is 62.4 Å². The summed E-state index contributed by atoms with van der Waals surface area (Å²) in [5, 5.41) is 8.04. The molecule has 2 amide bonds. The Morgan fingerprint density at radius 1 is 1.08 bits per heavy atom. The van der Waals surface area contributed by atoms with Crippen molar-refractivity contribution in [2.45, 2.75) is 19.1 Å². The minimum absolute atomic E-state index is 0.130. The molecule has 0 bridgehead atoms. The summed E-state index contributed by atoms with van der Waals surface area (Å²) in [7, 11) is 0. The summed E-state index contributed by atoms with van der Waals surface area (Å²) >= 11 is 8.08. The Morgan fingerprint density at radius 3 is 2.46 bits per heavy atom. The van der Waals surface area contributed by atoms with E-state index < -0.39 is 0 Å². The number of aromatic nitrogens is 2. The Hall–Kier alpha value is -3.62. The fourth-order valence-electron chi connectivity index (χ4n) is 4.54. The number of nitrogens with one attached hydrogen (secondary N) is 1. The molecule has 200 valence electrons. The van der Waals surface area contributed by atoms with Crippen molar-refractivity contribution in [2.75, 3.05) is 23.7 Å². The molecule has 1 unspecified atom stereocenters. The highest BCUT2D eigenvalue weighted by molar-refractivity contribution is 8.00. The van der Waals surface area contributed by atoms with Gasteiger partial charge in [-0.1, -0.05) is 80.0 Å². The van der Waals surface area contributed by atoms with Gasteiger partial charge in [-0.2, -0.15) is 5.10 Å². The van der Waals surface area contributed by atoms with Gasteiger partial charge in [0.25, 0.3) is 0 Å². The van der Waals surface area contributed by atoms with E-state index in [0.29, 0.717) is 28.8 Å². The van der Waals surface area contributed by atoms with Crippen LogP contribution >= 0.6 is 23.4 Å². The lowest BCUT2D eigenvalue weighted by atomic mass is 9.99. The van der Waals surface area contributed by atoms with Crippen molar-refractivity contribution in [2.24, 2.45) is 5.92 Å². The zero-order chi connectivity index (χ0) is 27.5. The Kier molecular flexibility index (Phi) is 8.04. The van der Waals surface area contributed by atoms with Crippen LogP contribution in [0.1, 0.15) is 30.2 Å². The van der Waals surface area contributed by atoms with E-state index in [2.05, 4.69) is 5.32 Å². The molecule has 6 nitrogen and oxygen atoms in total. The molecule has 0 saturated carbocycles. The predicted molar refractivity (Wildman–Crippen MR) is 155 cm³/mol. The second kappa shape index (κ2) is 11.6. The summed E-state index contributed by atoms with van der Waals surface area (Å²) in [6.07, 6.45) is 0. The highest BCUT2D eigenvalue weighted by Crippen LogP contribution is 2.48. The molecule has 0 aliphatic carbocycles. The Balaban J connectivity index is 1.77. The molecule has 0 fully saturated rings. The van der Waals surface area contributed by atoms with Crippen LogP contribution in [0.4, 0.5) is 10.2 Å². The van der Waals surface area contributed by atoms with Gasteiger partial charge in [-0.15, -0.1) is 11.8 Å². The van der Waals surface area contributed by atoms with Crippen LogP contribution in [0.5, 0.6) is 0 Å². The van der Waals surface area contributed by atoms with Crippen LogP contribution < -0.4 is 10.2 Å². The average Bonchev–Trinajstić information content (AvgIpc) is 3.25. The van der Waals surface area contributed by atoms with Crippen molar-refractivity contribution in [1.82, 2.24) is 15.1 Å². The van der Waals surface area contributed by atoms with E-state index >= 15 is 0 Å². The summed E-state index contributed by atoms with van der Waals surface area (Å²) in [4.78, 5) is 28.2. The Labute approximate surface area is 236 Å². The van der Waals surface area contributed by atoms with Crippen LogP contribution in [-0.4, -0.2) is 40.4 Å². The lowest BCUT2D eigenvalue weighted by molar-refractivity contribution is -0.123. The summed E-state index contributed by atoms with van der Waals surface area (Å²) in [5.74, 6) is 0.0456. The van der Waals surface area contributed by atoms with Gasteiger partial charge in [-0.05, 0) is 35.7 Å². The van der Waals surface area contributed by atoms with Gasteiger partial charge in [-0.25, -0.2) is 9.07 Å². The zero-order valence-electron chi connectivity index (χ0n) is 21.6. The van der Waals surface area contributed by atoms with E-state index in [9.17, 15) is 14.0 Å². The summed E-state index contributed by atoms with van der Waals surface area (Å²) in [5.41, 5.74) is 3.70. The van der Waals surface area contributed by atoms with Crippen molar-refractivity contribution >= 4 is 41.0 Å². The highest BCUT2D eigenvalue weighted by atomic mass is 35.5. The third kappa shape index (κ3) is 5.72. The second-order valence-electron chi connectivity index (χ2n) is 9.74. The van der Waals surface area contributed by atoms with Gasteiger partial charge in [0.05, 0.1) is 27.4 Å². The minimum atomic E-state index is -0.347. The molecule has 39 heavy (non-hydrogen) atoms. The summed E-state index contributed by atoms with van der Waals surface area (Å²) in [6.45, 7) is 4.36. The molecule has 1 atom stereocenters. The van der Waals surface area contributed by atoms with Crippen LogP contribution in [0.3, 0.4) is 0 Å². The van der Waals surface area contributed by atoms with Gasteiger partial charge < -0.3 is 5.32 Å². The first-order chi connectivity index (χ1) is 18.8. The number of anilines is 1. The zero-order valence-corrected chi connectivity index (χ0v) is 23.2. The van der Waals surface area contributed by atoms with E-state index in [0.717, 1.165) is 16.7 Å². The van der Waals surface area contributed by atoms with Crippen LogP contribution in [0, 0.1) is 11.7 Å². The number of fused-ring (bicyclic) bond motifs is 1. The maximum absolute atomic E-state index is 13.9. The molecule has 2 heterocycles. The quantitative estimate of drug-likeness (QED) is 0.288. The fourth-order valence-corrected chi connectivity index (χ4v) is 5.95. The number of halogens is 2. The van der Waals surface area contributed by atoms with E-state index in [1.165, 1.54) is 28.8 Å². The van der Waals surface area contributed by atoms with Crippen molar-refractivity contribution in [3.8, 4) is 16.9 Å². The number of hydrogen-bond donors (Lipinski definition) is 1. The summed E-state index contributed by atoms with van der Waals surface area (Å²) < 4.78 is 15.6. The van der Waals surface area contributed by atoms with E-state index in [4.69, 9.17) is 16.7 Å². The molecule has 5 rings (SSSR count). The lowest BCUT2D eigenvalue weighted by Gasteiger charge is -2.23. The SMILES string of the molecule is CC(C)CNC(=O)CN1C(=O)CSC(c2ccc(F)cc2)c2c(-c3ccccc3)nn(-c3ccccc3Cl)c21. The minimum Gasteiger partial charge on any atom is -0.354 e. The number of carbonyl (C=O) groups is 2. The van der Waals surface area contributed by atoms with Gasteiger partial charge in [0, 0.05) is 17.7 Å². The maximum Gasteiger partial charge on any atom is 0.240 e. The van der Waals surface area contributed by atoms with Crippen molar-refractivity contribution in [3.05, 3.63) is 101 Å². The van der Waals surface area contributed by atoms with Gasteiger partial charge in [0.2, 0.25) is 11.8 Å². The standard InChI is InChI=1S/C30H28ClFN4O2S/c1-19(2)16-33-25(37)17-35-26(38)18-39-29(21-12-14-22(32)15-13-21)27-28(20-8-4-3-5-9-20)34-36(30(27)35)24-11-7-6-10-23(24)31/h3-15,19,29H,16-18H2,1-2H3,(H,33,37). The summed E-state index contributed by atoms with van der Waals surface area (Å²) in [6, 6.07) is 23.2. The second-order valence-corrected chi connectivity index (χ2v) is 11.2.